The first kappa shape index (κ1) is 19.2. The number of carbonyl (C=O) groups is 2. The Bertz CT molecular complexity index is 1460. The second kappa shape index (κ2) is 7.51. The summed E-state index contributed by atoms with van der Waals surface area (Å²) in [6.07, 6.45) is 1.30. The molecule has 1 amide bonds. The molecule has 3 aromatic heterocycles. The zero-order chi connectivity index (χ0) is 22.2. The van der Waals surface area contributed by atoms with Crippen LogP contribution in [0.5, 0.6) is 0 Å². The van der Waals surface area contributed by atoms with E-state index >= 15 is 0 Å². The molecule has 3 heterocycles. The Balaban J connectivity index is 1.62. The topological polar surface area (TPSA) is 147 Å². The van der Waals surface area contributed by atoms with Crippen molar-refractivity contribution in [1.82, 2.24) is 30.2 Å². The fourth-order valence-corrected chi connectivity index (χ4v) is 3.56. The molecule has 0 atom stereocenters. The molecule has 0 unspecified atom stereocenters. The van der Waals surface area contributed by atoms with Gasteiger partial charge in [-0.1, -0.05) is 36.4 Å². The van der Waals surface area contributed by atoms with Gasteiger partial charge in [0.05, 0.1) is 17.4 Å². The summed E-state index contributed by atoms with van der Waals surface area (Å²) in [5.74, 6) is -0.786. The van der Waals surface area contributed by atoms with E-state index in [1.165, 1.54) is 11.0 Å². The number of aryl methyl sites for hydroxylation is 1. The van der Waals surface area contributed by atoms with Crippen LogP contribution >= 0.6 is 0 Å². The molecule has 10 heteroatoms. The number of benzene rings is 2. The normalized spacial score (nSPS) is 11.0. The first-order valence-corrected chi connectivity index (χ1v) is 9.78. The highest BCUT2D eigenvalue weighted by atomic mass is 16.2. The summed E-state index contributed by atoms with van der Waals surface area (Å²) in [6.45, 7) is 1.82. The van der Waals surface area contributed by atoms with Crippen molar-refractivity contribution in [2.75, 3.05) is 11.1 Å². The molecule has 10 nitrogen and oxygen atoms in total. The number of carbonyl (C=O) groups excluding carboxylic acids is 2. The summed E-state index contributed by atoms with van der Waals surface area (Å²) in [7, 11) is 0. The molecular weight excluding hydrogens is 408 g/mol. The molecule has 5 N–H and O–H groups in total. The van der Waals surface area contributed by atoms with Crippen LogP contribution in [-0.4, -0.2) is 41.9 Å². The van der Waals surface area contributed by atoms with E-state index in [9.17, 15) is 9.59 Å². The fourth-order valence-electron chi connectivity index (χ4n) is 3.56. The SMILES string of the molecule is Cc1[nH]c2ccccc2c1C(=O)c1nn(-c2ccccc2)nc1NC(=O)c1cn[nH]c1N. The molecule has 0 saturated heterocycles. The lowest BCUT2D eigenvalue weighted by Crippen LogP contribution is -2.16. The van der Waals surface area contributed by atoms with E-state index in [1.807, 2.05) is 49.4 Å². The minimum absolute atomic E-state index is 0.0112. The van der Waals surface area contributed by atoms with Gasteiger partial charge in [-0.3, -0.25) is 14.7 Å². The number of aromatic nitrogens is 6. The standard InChI is InChI=1S/C22H18N8O2/c1-12-17(14-9-5-6-10-16(14)25-12)19(31)18-21(26-22(32)15-11-24-27-20(15)23)29-30(28-18)13-7-3-2-4-8-13/h2-11,25H,1H3,(H3,23,24,27)(H,26,29,32). The van der Waals surface area contributed by atoms with Crippen LogP contribution in [0.25, 0.3) is 16.6 Å². The number of hydrogen-bond acceptors (Lipinski definition) is 6. The highest BCUT2D eigenvalue weighted by Crippen LogP contribution is 2.27. The Kier molecular flexibility index (Phi) is 4.52. The summed E-state index contributed by atoms with van der Waals surface area (Å²) in [5.41, 5.74) is 8.55. The van der Waals surface area contributed by atoms with Gasteiger partial charge in [0, 0.05) is 16.6 Å². The Labute approximate surface area is 181 Å². The average Bonchev–Trinajstić information content (AvgIpc) is 3.50. The number of rotatable bonds is 5. The maximum Gasteiger partial charge on any atom is 0.262 e. The van der Waals surface area contributed by atoms with Crippen LogP contribution in [0.2, 0.25) is 0 Å². The van der Waals surface area contributed by atoms with Crippen molar-refractivity contribution in [2.24, 2.45) is 0 Å². The monoisotopic (exact) mass is 426 g/mol. The number of amides is 1. The number of nitrogen functional groups attached to an aromatic ring is 1. The Morgan fingerprint density at radius 1 is 1.03 bits per heavy atom. The van der Waals surface area contributed by atoms with Gasteiger partial charge in [0.25, 0.3) is 5.91 Å². The molecule has 0 aliphatic carbocycles. The lowest BCUT2D eigenvalue weighted by Gasteiger charge is -2.03. The Morgan fingerprint density at radius 3 is 2.53 bits per heavy atom. The van der Waals surface area contributed by atoms with Crippen LogP contribution in [0.4, 0.5) is 11.6 Å². The van der Waals surface area contributed by atoms with Gasteiger partial charge in [0.15, 0.2) is 11.5 Å². The third-order valence-corrected chi connectivity index (χ3v) is 5.08. The lowest BCUT2D eigenvalue weighted by atomic mass is 10.0. The van der Waals surface area contributed by atoms with Crippen LogP contribution in [-0.2, 0) is 0 Å². The summed E-state index contributed by atoms with van der Waals surface area (Å²) in [6, 6.07) is 16.6. The molecule has 0 radical (unpaired) electrons. The number of ketones is 1. The fraction of sp³-hybridized carbons (Fsp3) is 0.0455. The van der Waals surface area contributed by atoms with Gasteiger partial charge in [-0.15, -0.1) is 15.0 Å². The number of aromatic amines is 2. The van der Waals surface area contributed by atoms with Crippen molar-refractivity contribution in [2.45, 2.75) is 6.92 Å². The smallest absolute Gasteiger partial charge is 0.262 e. The quantitative estimate of drug-likeness (QED) is 0.318. The van der Waals surface area contributed by atoms with Crippen LogP contribution in [0, 0.1) is 6.92 Å². The molecule has 5 rings (SSSR count). The van der Waals surface area contributed by atoms with Crippen LogP contribution in [0.1, 0.15) is 32.1 Å². The lowest BCUT2D eigenvalue weighted by molar-refractivity contribution is 0.102. The average molecular weight is 426 g/mol. The third-order valence-electron chi connectivity index (χ3n) is 5.08. The highest BCUT2D eigenvalue weighted by Gasteiger charge is 2.27. The molecule has 2 aromatic carbocycles. The molecule has 0 fully saturated rings. The molecule has 158 valence electrons. The summed E-state index contributed by atoms with van der Waals surface area (Å²) in [4.78, 5) is 30.9. The molecule has 0 aliphatic heterocycles. The molecular formula is C22H18N8O2. The van der Waals surface area contributed by atoms with Gasteiger partial charge in [0.1, 0.15) is 11.4 Å². The minimum Gasteiger partial charge on any atom is -0.383 e. The number of hydrogen-bond donors (Lipinski definition) is 4. The number of para-hydroxylation sites is 2. The predicted octanol–water partition coefficient (Wildman–Crippen LogP) is 2.85. The second-order valence-electron chi connectivity index (χ2n) is 7.17. The van der Waals surface area contributed by atoms with E-state index in [4.69, 9.17) is 5.73 Å². The number of H-pyrrole nitrogens is 2. The van der Waals surface area contributed by atoms with E-state index in [2.05, 4.69) is 30.7 Å². The molecule has 0 spiro atoms. The number of nitrogens with one attached hydrogen (secondary N) is 3. The Hall–Kier alpha value is -4.73. The van der Waals surface area contributed by atoms with E-state index in [0.29, 0.717) is 16.9 Å². The molecule has 0 saturated carbocycles. The van der Waals surface area contributed by atoms with E-state index in [-0.39, 0.29) is 28.7 Å². The number of nitrogens with two attached hydrogens (primary N) is 1. The summed E-state index contributed by atoms with van der Waals surface area (Å²) >= 11 is 0. The van der Waals surface area contributed by atoms with Gasteiger partial charge < -0.3 is 16.0 Å². The van der Waals surface area contributed by atoms with Gasteiger partial charge in [0.2, 0.25) is 5.78 Å². The molecule has 0 aliphatic rings. The van der Waals surface area contributed by atoms with E-state index in [1.54, 1.807) is 12.1 Å². The highest BCUT2D eigenvalue weighted by molar-refractivity contribution is 6.19. The van der Waals surface area contributed by atoms with Gasteiger partial charge in [-0.2, -0.15) is 5.10 Å². The van der Waals surface area contributed by atoms with Gasteiger partial charge in [-0.05, 0) is 25.1 Å². The zero-order valence-corrected chi connectivity index (χ0v) is 17.0. The number of anilines is 2. The summed E-state index contributed by atoms with van der Waals surface area (Å²) in [5, 5.41) is 18.5. The second-order valence-corrected chi connectivity index (χ2v) is 7.17. The van der Waals surface area contributed by atoms with Crippen molar-refractivity contribution in [3.05, 3.63) is 83.3 Å². The van der Waals surface area contributed by atoms with Crippen molar-refractivity contribution in [3.63, 3.8) is 0 Å². The largest absolute Gasteiger partial charge is 0.383 e. The number of nitrogens with zero attached hydrogens (tertiary/aromatic N) is 4. The third kappa shape index (κ3) is 3.19. The maximum absolute atomic E-state index is 13.6. The van der Waals surface area contributed by atoms with Crippen LogP contribution < -0.4 is 11.1 Å². The first-order chi connectivity index (χ1) is 15.5. The zero-order valence-electron chi connectivity index (χ0n) is 17.0. The summed E-state index contributed by atoms with van der Waals surface area (Å²) < 4.78 is 0. The van der Waals surface area contributed by atoms with Crippen molar-refractivity contribution in [3.8, 4) is 5.69 Å². The van der Waals surface area contributed by atoms with Crippen LogP contribution in [0.15, 0.2) is 60.8 Å². The van der Waals surface area contributed by atoms with E-state index < -0.39 is 5.91 Å². The Morgan fingerprint density at radius 2 is 1.78 bits per heavy atom. The van der Waals surface area contributed by atoms with Gasteiger partial charge >= 0.3 is 0 Å². The van der Waals surface area contributed by atoms with Crippen LogP contribution in [0.3, 0.4) is 0 Å². The predicted molar refractivity (Wildman–Crippen MR) is 119 cm³/mol. The molecule has 0 bridgehead atoms. The number of fused-ring (bicyclic) bond motifs is 1. The minimum atomic E-state index is -0.555. The molecule has 32 heavy (non-hydrogen) atoms. The first-order valence-electron chi connectivity index (χ1n) is 9.78. The van der Waals surface area contributed by atoms with E-state index in [0.717, 1.165) is 10.9 Å². The van der Waals surface area contributed by atoms with Gasteiger partial charge in [-0.25, -0.2) is 0 Å². The van der Waals surface area contributed by atoms with Crippen molar-refractivity contribution >= 4 is 34.2 Å². The van der Waals surface area contributed by atoms with Crippen molar-refractivity contribution < 1.29 is 9.59 Å². The van der Waals surface area contributed by atoms with Crippen molar-refractivity contribution in [1.29, 1.82) is 0 Å². The maximum atomic E-state index is 13.6. The molecule has 5 aromatic rings.